The predicted molar refractivity (Wildman–Crippen MR) is 45.3 cm³/mol. The molecule has 10 heavy (non-hydrogen) atoms. The summed E-state index contributed by atoms with van der Waals surface area (Å²) in [5.74, 6) is 0. The maximum atomic E-state index is 5.43. The van der Waals surface area contributed by atoms with Crippen LogP contribution in [0.5, 0.6) is 0 Å². The van der Waals surface area contributed by atoms with E-state index in [0.717, 1.165) is 5.57 Å². The van der Waals surface area contributed by atoms with Crippen LogP contribution in [-0.4, -0.2) is 6.54 Å². The molecule has 0 amide bonds. The van der Waals surface area contributed by atoms with Crippen LogP contribution in [0.3, 0.4) is 0 Å². The Labute approximate surface area is 61.9 Å². The highest BCUT2D eigenvalue weighted by atomic mass is 14.5. The number of hydrogen-bond donors (Lipinski definition) is 2. The van der Waals surface area contributed by atoms with Crippen molar-refractivity contribution in [2.45, 2.75) is 6.92 Å². The van der Waals surface area contributed by atoms with Gasteiger partial charge in [-0.25, -0.2) is 0 Å². The van der Waals surface area contributed by atoms with Crippen LogP contribution in [0, 0.1) is 0 Å². The monoisotopic (exact) mass is 138 g/mol. The van der Waals surface area contributed by atoms with E-state index in [0.29, 0.717) is 12.2 Å². The van der Waals surface area contributed by atoms with Crippen molar-refractivity contribution in [2.24, 2.45) is 11.5 Å². The standard InChI is InChI=1S/C8H14N2/c1-3-8(10)5-4-7(2)6-9/h3-5H,1,6,9-10H2,2H3/b7-4+,8-5+. The largest absolute Gasteiger partial charge is 0.399 e. The van der Waals surface area contributed by atoms with E-state index in [2.05, 4.69) is 6.58 Å². The second-order valence-electron chi connectivity index (χ2n) is 2.09. The van der Waals surface area contributed by atoms with E-state index in [1.54, 1.807) is 12.2 Å². The molecule has 0 aromatic heterocycles. The first kappa shape index (κ1) is 8.98. The van der Waals surface area contributed by atoms with E-state index < -0.39 is 0 Å². The van der Waals surface area contributed by atoms with Crippen molar-refractivity contribution in [1.29, 1.82) is 0 Å². The molecule has 0 aliphatic rings. The van der Waals surface area contributed by atoms with E-state index >= 15 is 0 Å². The molecule has 0 aromatic rings. The highest BCUT2D eigenvalue weighted by Gasteiger charge is 1.80. The molecular weight excluding hydrogens is 124 g/mol. The molecule has 0 bridgehead atoms. The Morgan fingerprint density at radius 3 is 2.50 bits per heavy atom. The lowest BCUT2D eigenvalue weighted by molar-refractivity contribution is 1.14. The molecule has 0 aromatic carbocycles. The van der Waals surface area contributed by atoms with Gasteiger partial charge in [-0.3, -0.25) is 0 Å². The number of hydrogen-bond acceptors (Lipinski definition) is 2. The molecule has 2 nitrogen and oxygen atoms in total. The lowest BCUT2D eigenvalue weighted by atomic mass is 10.2. The van der Waals surface area contributed by atoms with Gasteiger partial charge in [-0.05, 0) is 19.1 Å². The molecule has 4 N–H and O–H groups in total. The molecule has 0 radical (unpaired) electrons. The smallest absolute Gasteiger partial charge is 0.0308 e. The van der Waals surface area contributed by atoms with Crippen LogP contribution >= 0.6 is 0 Å². The van der Waals surface area contributed by atoms with E-state index in [4.69, 9.17) is 11.5 Å². The average molecular weight is 138 g/mol. The zero-order valence-corrected chi connectivity index (χ0v) is 6.30. The van der Waals surface area contributed by atoms with Crippen LogP contribution in [-0.2, 0) is 0 Å². The summed E-state index contributed by atoms with van der Waals surface area (Å²) in [4.78, 5) is 0. The van der Waals surface area contributed by atoms with Gasteiger partial charge in [-0.2, -0.15) is 0 Å². The summed E-state index contributed by atoms with van der Waals surface area (Å²) in [6.07, 6.45) is 5.27. The van der Waals surface area contributed by atoms with Crippen LogP contribution in [0.2, 0.25) is 0 Å². The highest BCUT2D eigenvalue weighted by Crippen LogP contribution is 1.91. The molecule has 0 unspecified atom stereocenters. The maximum Gasteiger partial charge on any atom is 0.0308 e. The zero-order chi connectivity index (χ0) is 7.98. The average Bonchev–Trinajstić information content (AvgIpc) is 1.99. The zero-order valence-electron chi connectivity index (χ0n) is 6.30. The molecule has 0 aliphatic carbocycles. The Morgan fingerprint density at radius 1 is 1.50 bits per heavy atom. The van der Waals surface area contributed by atoms with Crippen LogP contribution in [0.25, 0.3) is 0 Å². The maximum absolute atomic E-state index is 5.43. The third kappa shape index (κ3) is 3.92. The van der Waals surface area contributed by atoms with Gasteiger partial charge in [-0.15, -0.1) is 0 Å². The summed E-state index contributed by atoms with van der Waals surface area (Å²) in [6.45, 7) is 6.03. The van der Waals surface area contributed by atoms with Crippen LogP contribution in [0.15, 0.2) is 36.1 Å². The van der Waals surface area contributed by atoms with Gasteiger partial charge >= 0.3 is 0 Å². The van der Waals surface area contributed by atoms with Crippen molar-refractivity contribution >= 4 is 0 Å². The van der Waals surface area contributed by atoms with Gasteiger partial charge in [-0.1, -0.05) is 18.2 Å². The van der Waals surface area contributed by atoms with Crippen LogP contribution in [0.1, 0.15) is 6.92 Å². The van der Waals surface area contributed by atoms with Gasteiger partial charge in [0.2, 0.25) is 0 Å². The second-order valence-corrected chi connectivity index (χ2v) is 2.09. The summed E-state index contributed by atoms with van der Waals surface area (Å²) < 4.78 is 0. The minimum Gasteiger partial charge on any atom is -0.399 e. The fraction of sp³-hybridized carbons (Fsp3) is 0.250. The molecular formula is C8H14N2. The van der Waals surface area contributed by atoms with Crippen molar-refractivity contribution in [3.8, 4) is 0 Å². The number of rotatable bonds is 3. The highest BCUT2D eigenvalue weighted by molar-refractivity contribution is 5.21. The molecule has 0 heterocycles. The van der Waals surface area contributed by atoms with Crippen molar-refractivity contribution in [1.82, 2.24) is 0 Å². The first-order valence-corrected chi connectivity index (χ1v) is 3.16. The summed E-state index contributed by atoms with van der Waals surface area (Å²) in [5.41, 5.74) is 12.5. The lowest BCUT2D eigenvalue weighted by Crippen LogP contribution is -1.99. The van der Waals surface area contributed by atoms with Gasteiger partial charge in [0.25, 0.3) is 0 Å². The van der Waals surface area contributed by atoms with Crippen LogP contribution in [0.4, 0.5) is 0 Å². The Kier molecular flexibility index (Phi) is 4.33. The topological polar surface area (TPSA) is 52.0 Å². The summed E-state index contributed by atoms with van der Waals surface area (Å²) in [7, 11) is 0. The minimum absolute atomic E-state index is 0.570. The fourth-order valence-corrected chi connectivity index (χ4v) is 0.375. The van der Waals surface area contributed by atoms with Crippen LogP contribution < -0.4 is 11.5 Å². The van der Waals surface area contributed by atoms with Gasteiger partial charge in [0.05, 0.1) is 0 Å². The van der Waals surface area contributed by atoms with Gasteiger partial charge in [0, 0.05) is 12.2 Å². The summed E-state index contributed by atoms with van der Waals surface area (Å²) >= 11 is 0. The third-order valence-corrected chi connectivity index (χ3v) is 1.12. The second kappa shape index (κ2) is 4.82. The Hall–Kier alpha value is -1.02. The van der Waals surface area contributed by atoms with E-state index in [9.17, 15) is 0 Å². The van der Waals surface area contributed by atoms with Crippen molar-refractivity contribution in [2.75, 3.05) is 6.54 Å². The number of nitrogens with two attached hydrogens (primary N) is 2. The first-order chi connectivity index (χ1) is 4.70. The summed E-state index contributed by atoms with van der Waals surface area (Å²) in [5, 5.41) is 0. The Balaban J connectivity index is 4.03. The normalized spacial score (nSPS) is 13.4. The van der Waals surface area contributed by atoms with E-state index in [1.807, 2.05) is 13.0 Å². The minimum atomic E-state index is 0.570. The third-order valence-electron chi connectivity index (χ3n) is 1.12. The predicted octanol–water partition coefficient (Wildman–Crippen LogP) is 0.920. The first-order valence-electron chi connectivity index (χ1n) is 3.16. The van der Waals surface area contributed by atoms with Crippen molar-refractivity contribution in [3.05, 3.63) is 36.1 Å². The molecule has 0 atom stereocenters. The molecule has 2 heteroatoms. The van der Waals surface area contributed by atoms with Gasteiger partial charge in [0.1, 0.15) is 0 Å². The van der Waals surface area contributed by atoms with Gasteiger partial charge < -0.3 is 11.5 Å². The summed E-state index contributed by atoms with van der Waals surface area (Å²) in [6, 6.07) is 0. The molecule has 56 valence electrons. The molecule has 0 saturated carbocycles. The van der Waals surface area contributed by atoms with Gasteiger partial charge in [0.15, 0.2) is 0 Å². The fourth-order valence-electron chi connectivity index (χ4n) is 0.375. The van der Waals surface area contributed by atoms with Crippen molar-refractivity contribution in [3.63, 3.8) is 0 Å². The Morgan fingerprint density at radius 2 is 2.10 bits per heavy atom. The van der Waals surface area contributed by atoms with E-state index in [1.165, 1.54) is 0 Å². The molecule has 0 spiro atoms. The van der Waals surface area contributed by atoms with E-state index in [-0.39, 0.29) is 0 Å². The molecule has 0 fully saturated rings. The quantitative estimate of drug-likeness (QED) is 0.570. The molecule has 0 saturated heterocycles. The lowest BCUT2D eigenvalue weighted by Gasteiger charge is -1.91. The van der Waals surface area contributed by atoms with Crippen molar-refractivity contribution < 1.29 is 0 Å². The number of allylic oxidation sites excluding steroid dienone is 3. The molecule has 0 aliphatic heterocycles. The Bertz CT molecular complexity index is 166. The SMILES string of the molecule is C=C/C(N)=C\C=C(/C)CN. The molecule has 0 rings (SSSR count).